The average Bonchev–Trinajstić information content (AvgIpc) is 3.38. The zero-order valence-corrected chi connectivity index (χ0v) is 23.9. The normalized spacial score (nSPS) is 20.5. The van der Waals surface area contributed by atoms with Crippen molar-refractivity contribution >= 4 is 29.1 Å². The van der Waals surface area contributed by atoms with E-state index < -0.39 is 0 Å². The molecule has 10 nitrogen and oxygen atoms in total. The van der Waals surface area contributed by atoms with Crippen molar-refractivity contribution in [3.8, 4) is 0 Å². The lowest BCUT2D eigenvalue weighted by Gasteiger charge is -2.36. The van der Waals surface area contributed by atoms with Crippen LogP contribution in [0.15, 0.2) is 43.1 Å². The average molecular weight is 547 g/mol. The smallest absolute Gasteiger partial charge is 0.241 e. The number of hydrogen-bond donors (Lipinski definition) is 3. The minimum atomic E-state index is -0.144. The number of amides is 1. The van der Waals surface area contributed by atoms with Gasteiger partial charge in [0.05, 0.1) is 12.2 Å². The zero-order valence-electron chi connectivity index (χ0n) is 23.9. The lowest BCUT2D eigenvalue weighted by atomic mass is 9.92. The van der Waals surface area contributed by atoms with Crippen molar-refractivity contribution in [3.63, 3.8) is 0 Å². The summed E-state index contributed by atoms with van der Waals surface area (Å²) in [7, 11) is 0. The van der Waals surface area contributed by atoms with E-state index >= 15 is 0 Å². The number of fused-ring (bicyclic) bond motifs is 1. The highest BCUT2D eigenvalue weighted by Crippen LogP contribution is 2.25. The number of likely N-dealkylation sites (tertiary alicyclic amines) is 1. The summed E-state index contributed by atoms with van der Waals surface area (Å²) in [5.74, 6) is 2.07. The number of piperidine rings is 1. The highest BCUT2D eigenvalue weighted by atomic mass is 16.5. The lowest BCUT2D eigenvalue weighted by Crippen LogP contribution is -2.48. The Bertz CT molecular complexity index is 1320. The molecule has 2 fully saturated rings. The lowest BCUT2D eigenvalue weighted by molar-refractivity contribution is -0.122. The number of ether oxygens (including phenoxy) is 1. The highest BCUT2D eigenvalue weighted by molar-refractivity contribution is 5.95. The van der Waals surface area contributed by atoms with E-state index in [9.17, 15) is 4.79 Å². The SMILES string of the molecule is C=CCN1CCC(C)CC1C(=O)Nc1cccc(CNc2nc(NC3CCOCC3)nc3c(C(C)C)cnn23)c1. The maximum absolute atomic E-state index is 13.2. The van der Waals surface area contributed by atoms with Crippen molar-refractivity contribution in [1.29, 1.82) is 0 Å². The van der Waals surface area contributed by atoms with Crippen molar-refractivity contribution in [2.75, 3.05) is 42.3 Å². The first kappa shape index (κ1) is 28.0. The van der Waals surface area contributed by atoms with E-state index in [0.717, 1.165) is 74.4 Å². The molecule has 3 N–H and O–H groups in total. The van der Waals surface area contributed by atoms with Crippen LogP contribution in [0.2, 0.25) is 0 Å². The van der Waals surface area contributed by atoms with E-state index in [1.54, 1.807) is 4.52 Å². The molecule has 1 amide bonds. The van der Waals surface area contributed by atoms with Gasteiger partial charge < -0.3 is 20.7 Å². The Morgan fingerprint density at radius 2 is 2.05 bits per heavy atom. The van der Waals surface area contributed by atoms with E-state index in [1.807, 2.05) is 36.5 Å². The van der Waals surface area contributed by atoms with Crippen LogP contribution in [0.25, 0.3) is 5.65 Å². The van der Waals surface area contributed by atoms with Crippen LogP contribution in [-0.4, -0.2) is 68.8 Å². The van der Waals surface area contributed by atoms with E-state index in [2.05, 4.69) is 53.3 Å². The molecule has 1 aromatic carbocycles. The first-order chi connectivity index (χ1) is 19.4. The zero-order chi connectivity index (χ0) is 28.1. The predicted octanol–water partition coefficient (Wildman–Crippen LogP) is 4.68. The number of nitrogens with one attached hydrogen (secondary N) is 3. The van der Waals surface area contributed by atoms with Gasteiger partial charge in [0.15, 0.2) is 5.65 Å². The fraction of sp³-hybridized carbons (Fsp3) is 0.533. The molecule has 0 spiro atoms. The molecule has 2 aliphatic heterocycles. The molecule has 0 aliphatic carbocycles. The first-order valence-electron chi connectivity index (χ1n) is 14.5. The number of anilines is 3. The molecule has 0 bridgehead atoms. The molecule has 5 rings (SSSR count). The summed E-state index contributed by atoms with van der Waals surface area (Å²) in [4.78, 5) is 25.1. The van der Waals surface area contributed by atoms with Gasteiger partial charge in [-0.1, -0.05) is 39.0 Å². The van der Waals surface area contributed by atoms with Crippen molar-refractivity contribution in [1.82, 2.24) is 24.5 Å². The topological polar surface area (TPSA) is 109 Å². The van der Waals surface area contributed by atoms with Crippen LogP contribution in [0.3, 0.4) is 0 Å². The largest absolute Gasteiger partial charge is 0.381 e. The second-order valence-electron chi connectivity index (χ2n) is 11.4. The second kappa shape index (κ2) is 12.8. The number of hydrogen-bond acceptors (Lipinski definition) is 8. The predicted molar refractivity (Wildman–Crippen MR) is 159 cm³/mol. The monoisotopic (exact) mass is 546 g/mol. The van der Waals surface area contributed by atoms with Gasteiger partial charge in [0.1, 0.15) is 0 Å². The van der Waals surface area contributed by atoms with Crippen LogP contribution in [-0.2, 0) is 16.1 Å². The molecular weight excluding hydrogens is 504 g/mol. The molecule has 2 saturated heterocycles. The summed E-state index contributed by atoms with van der Waals surface area (Å²) in [5.41, 5.74) is 3.69. The summed E-state index contributed by atoms with van der Waals surface area (Å²) in [6, 6.07) is 8.09. The Kier molecular flexibility index (Phi) is 8.96. The molecule has 2 aromatic heterocycles. The third-order valence-corrected chi connectivity index (χ3v) is 7.86. The Labute approximate surface area is 236 Å². The third kappa shape index (κ3) is 6.62. The van der Waals surface area contributed by atoms with Gasteiger partial charge in [-0.05, 0) is 61.8 Å². The van der Waals surface area contributed by atoms with Gasteiger partial charge in [0, 0.05) is 43.6 Å². The van der Waals surface area contributed by atoms with Gasteiger partial charge in [0.2, 0.25) is 17.8 Å². The van der Waals surface area contributed by atoms with E-state index in [1.165, 1.54) is 0 Å². The Morgan fingerprint density at radius 1 is 1.23 bits per heavy atom. The summed E-state index contributed by atoms with van der Waals surface area (Å²) >= 11 is 0. The highest BCUT2D eigenvalue weighted by Gasteiger charge is 2.31. The van der Waals surface area contributed by atoms with Crippen molar-refractivity contribution in [3.05, 3.63) is 54.2 Å². The molecule has 214 valence electrons. The number of carbonyl (C=O) groups excluding carboxylic acids is 1. The molecule has 3 aromatic rings. The Morgan fingerprint density at radius 3 is 2.83 bits per heavy atom. The van der Waals surface area contributed by atoms with Crippen LogP contribution in [0.4, 0.5) is 17.6 Å². The van der Waals surface area contributed by atoms with Gasteiger partial charge in [-0.3, -0.25) is 9.69 Å². The van der Waals surface area contributed by atoms with Crippen LogP contribution >= 0.6 is 0 Å². The van der Waals surface area contributed by atoms with Gasteiger partial charge in [-0.2, -0.15) is 19.6 Å². The fourth-order valence-electron chi connectivity index (χ4n) is 5.52. The van der Waals surface area contributed by atoms with Gasteiger partial charge in [-0.15, -0.1) is 6.58 Å². The summed E-state index contributed by atoms with van der Waals surface area (Å²) in [5, 5.41) is 14.7. The van der Waals surface area contributed by atoms with E-state index in [0.29, 0.717) is 24.4 Å². The minimum absolute atomic E-state index is 0.0394. The van der Waals surface area contributed by atoms with Crippen molar-refractivity contribution in [2.45, 2.75) is 71.0 Å². The standard InChI is InChI=1S/C30H42N8O2/c1-5-12-37-13-9-21(4)16-26(37)28(39)33-24-8-6-7-22(17-24)18-31-30-36-29(34-23-10-14-40-15-11-23)35-27-25(20(2)3)19-32-38(27)30/h5-8,17,19-21,23,26H,1,9-16,18H2,2-4H3,(H,33,39)(H2,31,34,35,36). The molecule has 0 radical (unpaired) electrons. The minimum Gasteiger partial charge on any atom is -0.381 e. The van der Waals surface area contributed by atoms with Crippen LogP contribution in [0.1, 0.15) is 63.5 Å². The van der Waals surface area contributed by atoms with Gasteiger partial charge in [0.25, 0.3) is 0 Å². The molecule has 40 heavy (non-hydrogen) atoms. The maximum atomic E-state index is 13.2. The number of benzene rings is 1. The third-order valence-electron chi connectivity index (χ3n) is 7.86. The molecule has 2 aliphatic rings. The summed E-state index contributed by atoms with van der Waals surface area (Å²) in [6.07, 6.45) is 7.57. The number of carbonyl (C=O) groups is 1. The van der Waals surface area contributed by atoms with Crippen LogP contribution in [0.5, 0.6) is 0 Å². The van der Waals surface area contributed by atoms with Crippen LogP contribution < -0.4 is 16.0 Å². The molecular formula is C30H42N8O2. The van der Waals surface area contributed by atoms with E-state index in [4.69, 9.17) is 14.7 Å². The summed E-state index contributed by atoms with van der Waals surface area (Å²) in [6.45, 7) is 14.0. The number of nitrogens with zero attached hydrogens (tertiary/aromatic N) is 5. The Hall–Kier alpha value is -3.50. The van der Waals surface area contributed by atoms with Crippen molar-refractivity contribution in [2.24, 2.45) is 5.92 Å². The Balaban J connectivity index is 1.31. The molecule has 2 atom stereocenters. The van der Waals surface area contributed by atoms with E-state index in [-0.39, 0.29) is 23.9 Å². The number of rotatable bonds is 10. The van der Waals surface area contributed by atoms with Gasteiger partial charge >= 0.3 is 0 Å². The quantitative estimate of drug-likeness (QED) is 0.315. The fourth-order valence-corrected chi connectivity index (χ4v) is 5.52. The van der Waals surface area contributed by atoms with Crippen LogP contribution in [0, 0.1) is 5.92 Å². The first-order valence-corrected chi connectivity index (χ1v) is 14.5. The second-order valence-corrected chi connectivity index (χ2v) is 11.4. The molecule has 0 saturated carbocycles. The number of aromatic nitrogens is 4. The summed E-state index contributed by atoms with van der Waals surface area (Å²) < 4.78 is 7.28. The maximum Gasteiger partial charge on any atom is 0.241 e. The van der Waals surface area contributed by atoms with Crippen molar-refractivity contribution < 1.29 is 9.53 Å². The molecule has 4 heterocycles. The molecule has 2 unspecified atom stereocenters. The molecule has 10 heteroatoms. The van der Waals surface area contributed by atoms with Gasteiger partial charge in [-0.25, -0.2) is 0 Å².